The number of carbonyl (C=O) groups excluding carboxylic acids is 1. The van der Waals surface area contributed by atoms with Gasteiger partial charge in [-0.2, -0.15) is 0 Å². The standard InChI is InChI=1S/C20H20ClN3OS/c1-13-8-9-14(21)11-16(13)22-19(25)12-24-10-4-6-17(24)20-23-15-5-2-3-7-18(15)26-20/h2-3,5,7-9,11,17H,4,6,10,12H2,1H3,(H,22,25)/t17-/m0/s1. The van der Waals surface area contributed by atoms with Crippen molar-refractivity contribution in [2.45, 2.75) is 25.8 Å². The smallest absolute Gasteiger partial charge is 0.238 e. The van der Waals surface area contributed by atoms with E-state index in [4.69, 9.17) is 16.6 Å². The number of aromatic nitrogens is 1. The van der Waals surface area contributed by atoms with Crippen molar-refractivity contribution in [3.63, 3.8) is 0 Å². The fourth-order valence-electron chi connectivity index (χ4n) is 3.43. The van der Waals surface area contributed by atoms with E-state index in [9.17, 15) is 4.79 Å². The molecule has 0 unspecified atom stereocenters. The molecule has 1 N–H and O–H groups in total. The highest BCUT2D eigenvalue weighted by atomic mass is 35.5. The molecule has 0 spiro atoms. The molecule has 0 bridgehead atoms. The van der Waals surface area contributed by atoms with Gasteiger partial charge < -0.3 is 5.32 Å². The lowest BCUT2D eigenvalue weighted by molar-refractivity contribution is -0.117. The number of para-hydroxylation sites is 1. The van der Waals surface area contributed by atoms with Gasteiger partial charge in [-0.25, -0.2) is 4.98 Å². The molecule has 134 valence electrons. The Labute approximate surface area is 161 Å². The zero-order valence-electron chi connectivity index (χ0n) is 14.5. The molecule has 1 fully saturated rings. The number of amides is 1. The molecule has 0 saturated carbocycles. The number of benzene rings is 2. The maximum absolute atomic E-state index is 12.6. The highest BCUT2D eigenvalue weighted by Gasteiger charge is 2.30. The SMILES string of the molecule is Cc1ccc(Cl)cc1NC(=O)CN1CCC[C@H]1c1nc2ccccc2s1. The van der Waals surface area contributed by atoms with Crippen LogP contribution in [0.5, 0.6) is 0 Å². The lowest BCUT2D eigenvalue weighted by Gasteiger charge is -2.22. The number of nitrogens with zero attached hydrogens (tertiary/aromatic N) is 2. The van der Waals surface area contributed by atoms with Crippen LogP contribution in [0.2, 0.25) is 5.02 Å². The number of anilines is 1. The van der Waals surface area contributed by atoms with Crippen LogP contribution in [0.3, 0.4) is 0 Å². The predicted molar refractivity (Wildman–Crippen MR) is 108 cm³/mol. The summed E-state index contributed by atoms with van der Waals surface area (Å²) < 4.78 is 1.20. The highest BCUT2D eigenvalue weighted by Crippen LogP contribution is 2.36. The Balaban J connectivity index is 1.48. The quantitative estimate of drug-likeness (QED) is 0.684. The van der Waals surface area contributed by atoms with Crippen LogP contribution in [0.4, 0.5) is 5.69 Å². The maximum atomic E-state index is 12.6. The molecule has 1 atom stereocenters. The summed E-state index contributed by atoms with van der Waals surface area (Å²) in [5, 5.41) is 4.73. The number of likely N-dealkylation sites (tertiary alicyclic amines) is 1. The highest BCUT2D eigenvalue weighted by molar-refractivity contribution is 7.18. The molecule has 1 saturated heterocycles. The van der Waals surface area contributed by atoms with Crippen molar-refractivity contribution in [1.82, 2.24) is 9.88 Å². The maximum Gasteiger partial charge on any atom is 0.238 e. The van der Waals surface area contributed by atoms with Crippen LogP contribution < -0.4 is 5.32 Å². The summed E-state index contributed by atoms with van der Waals surface area (Å²) in [5.74, 6) is -0.0108. The topological polar surface area (TPSA) is 45.2 Å². The Morgan fingerprint density at radius 1 is 1.35 bits per heavy atom. The minimum atomic E-state index is -0.0108. The summed E-state index contributed by atoms with van der Waals surface area (Å²) in [6, 6.07) is 14.0. The van der Waals surface area contributed by atoms with E-state index in [2.05, 4.69) is 16.3 Å². The second kappa shape index (κ2) is 7.35. The first-order valence-electron chi connectivity index (χ1n) is 8.76. The van der Waals surface area contributed by atoms with Gasteiger partial charge in [-0.05, 0) is 56.1 Å². The minimum absolute atomic E-state index is 0.0108. The van der Waals surface area contributed by atoms with E-state index in [1.807, 2.05) is 37.3 Å². The molecule has 4 rings (SSSR count). The first-order valence-corrected chi connectivity index (χ1v) is 9.95. The zero-order valence-corrected chi connectivity index (χ0v) is 16.1. The third-order valence-electron chi connectivity index (χ3n) is 4.78. The van der Waals surface area contributed by atoms with E-state index in [-0.39, 0.29) is 11.9 Å². The van der Waals surface area contributed by atoms with Gasteiger partial charge in [-0.1, -0.05) is 29.8 Å². The summed E-state index contributed by atoms with van der Waals surface area (Å²) in [6.07, 6.45) is 2.13. The molecule has 26 heavy (non-hydrogen) atoms. The molecular formula is C20H20ClN3OS. The van der Waals surface area contributed by atoms with E-state index in [0.717, 1.165) is 41.2 Å². The average molecular weight is 386 g/mol. The molecule has 0 aliphatic carbocycles. The number of fused-ring (bicyclic) bond motifs is 1. The number of halogens is 1. The van der Waals surface area contributed by atoms with Crippen LogP contribution in [0.25, 0.3) is 10.2 Å². The van der Waals surface area contributed by atoms with Gasteiger partial charge in [0, 0.05) is 10.7 Å². The third-order valence-corrected chi connectivity index (χ3v) is 6.15. The van der Waals surface area contributed by atoms with Gasteiger partial charge in [0.1, 0.15) is 5.01 Å². The van der Waals surface area contributed by atoms with Gasteiger partial charge in [0.15, 0.2) is 0 Å². The van der Waals surface area contributed by atoms with E-state index in [1.165, 1.54) is 4.70 Å². The monoisotopic (exact) mass is 385 g/mol. The molecule has 0 radical (unpaired) electrons. The fourth-order valence-corrected chi connectivity index (χ4v) is 4.74. The first-order chi connectivity index (χ1) is 12.6. The number of rotatable bonds is 4. The second-order valence-corrected chi connectivity index (χ2v) is 8.15. The zero-order chi connectivity index (χ0) is 18.1. The number of nitrogens with one attached hydrogen (secondary N) is 1. The van der Waals surface area contributed by atoms with Crippen molar-refractivity contribution in [2.75, 3.05) is 18.4 Å². The molecule has 2 aromatic carbocycles. The Morgan fingerprint density at radius 3 is 3.04 bits per heavy atom. The van der Waals surface area contributed by atoms with Crippen molar-refractivity contribution in [2.24, 2.45) is 0 Å². The number of hydrogen-bond acceptors (Lipinski definition) is 4. The van der Waals surface area contributed by atoms with Crippen molar-refractivity contribution in [3.05, 3.63) is 58.1 Å². The molecule has 4 nitrogen and oxygen atoms in total. The van der Waals surface area contributed by atoms with Crippen molar-refractivity contribution < 1.29 is 4.79 Å². The van der Waals surface area contributed by atoms with Crippen LogP contribution in [0.1, 0.15) is 29.5 Å². The molecule has 1 aromatic heterocycles. The molecule has 1 amide bonds. The summed E-state index contributed by atoms with van der Waals surface area (Å²) in [6.45, 7) is 3.25. The van der Waals surface area contributed by atoms with Gasteiger partial charge in [-0.3, -0.25) is 9.69 Å². The molecule has 2 heterocycles. The van der Waals surface area contributed by atoms with Crippen LogP contribution in [0, 0.1) is 6.92 Å². The van der Waals surface area contributed by atoms with Gasteiger partial charge in [0.2, 0.25) is 5.91 Å². The summed E-state index contributed by atoms with van der Waals surface area (Å²) in [4.78, 5) is 19.6. The Morgan fingerprint density at radius 2 is 2.19 bits per heavy atom. The molecule has 1 aliphatic heterocycles. The minimum Gasteiger partial charge on any atom is -0.325 e. The lowest BCUT2D eigenvalue weighted by atomic mass is 10.2. The number of hydrogen-bond donors (Lipinski definition) is 1. The first kappa shape index (κ1) is 17.5. The van der Waals surface area contributed by atoms with E-state index in [0.29, 0.717) is 11.6 Å². The Hall–Kier alpha value is -1.95. The molecular weight excluding hydrogens is 366 g/mol. The third kappa shape index (κ3) is 3.61. The van der Waals surface area contributed by atoms with E-state index in [1.54, 1.807) is 17.4 Å². The average Bonchev–Trinajstić information content (AvgIpc) is 3.24. The number of thiazole rings is 1. The van der Waals surface area contributed by atoms with Gasteiger partial charge in [-0.15, -0.1) is 11.3 Å². The van der Waals surface area contributed by atoms with Crippen LogP contribution >= 0.6 is 22.9 Å². The van der Waals surface area contributed by atoms with E-state index < -0.39 is 0 Å². The summed E-state index contributed by atoms with van der Waals surface area (Å²) >= 11 is 7.78. The predicted octanol–water partition coefficient (Wildman–Crippen LogP) is 5.03. The van der Waals surface area contributed by atoms with Crippen LogP contribution in [0.15, 0.2) is 42.5 Å². The largest absolute Gasteiger partial charge is 0.325 e. The van der Waals surface area contributed by atoms with Crippen LogP contribution in [-0.2, 0) is 4.79 Å². The van der Waals surface area contributed by atoms with Gasteiger partial charge in [0.05, 0.1) is 22.8 Å². The normalized spacial score (nSPS) is 17.7. The van der Waals surface area contributed by atoms with Gasteiger partial charge >= 0.3 is 0 Å². The Kier molecular flexibility index (Phi) is 4.94. The van der Waals surface area contributed by atoms with Crippen molar-refractivity contribution in [3.8, 4) is 0 Å². The van der Waals surface area contributed by atoms with Gasteiger partial charge in [0.25, 0.3) is 0 Å². The van der Waals surface area contributed by atoms with Crippen molar-refractivity contribution in [1.29, 1.82) is 0 Å². The fraction of sp³-hybridized carbons (Fsp3) is 0.300. The lowest BCUT2D eigenvalue weighted by Crippen LogP contribution is -2.33. The van der Waals surface area contributed by atoms with E-state index >= 15 is 0 Å². The second-order valence-electron chi connectivity index (χ2n) is 6.66. The number of carbonyl (C=O) groups is 1. The summed E-state index contributed by atoms with van der Waals surface area (Å²) in [7, 11) is 0. The molecule has 3 aromatic rings. The Bertz CT molecular complexity index is 922. The molecule has 1 aliphatic rings. The summed E-state index contributed by atoms with van der Waals surface area (Å²) in [5.41, 5.74) is 2.82. The molecule has 6 heteroatoms. The number of aryl methyl sites for hydroxylation is 1. The van der Waals surface area contributed by atoms with Crippen molar-refractivity contribution >= 4 is 44.7 Å². The van der Waals surface area contributed by atoms with Crippen LogP contribution in [-0.4, -0.2) is 28.9 Å².